The van der Waals surface area contributed by atoms with Gasteiger partial charge in [-0.3, -0.25) is 0 Å². The van der Waals surface area contributed by atoms with Gasteiger partial charge in [0.1, 0.15) is 12.2 Å². The molecule has 0 aromatic rings. The highest BCUT2D eigenvalue weighted by atomic mass is 16.5. The van der Waals surface area contributed by atoms with Crippen molar-refractivity contribution in [1.82, 2.24) is 4.90 Å². The van der Waals surface area contributed by atoms with Crippen LogP contribution in [-0.2, 0) is 4.74 Å². The summed E-state index contributed by atoms with van der Waals surface area (Å²) in [6.07, 6.45) is 7.65. The van der Waals surface area contributed by atoms with Crippen molar-refractivity contribution >= 4 is 5.71 Å². The number of allylic oxidation sites excluding steroid dienone is 3. The number of nitrogens with zero attached hydrogens (tertiary/aromatic N) is 3. The summed E-state index contributed by atoms with van der Waals surface area (Å²) in [7, 11) is 0. The van der Waals surface area contributed by atoms with Gasteiger partial charge in [-0.15, -0.1) is 0 Å². The van der Waals surface area contributed by atoms with E-state index in [9.17, 15) is 0 Å². The van der Waals surface area contributed by atoms with Crippen LogP contribution in [0.5, 0.6) is 0 Å². The Bertz CT molecular complexity index is 386. The van der Waals surface area contributed by atoms with E-state index in [1.807, 2.05) is 12.2 Å². The van der Waals surface area contributed by atoms with Crippen LogP contribution < -0.4 is 0 Å². The first-order chi connectivity index (χ1) is 9.26. The van der Waals surface area contributed by atoms with Gasteiger partial charge in [-0.05, 0) is 25.3 Å². The minimum Gasteiger partial charge on any atom is -0.495 e. The Hall–Kier alpha value is -1.54. The second-order valence-corrected chi connectivity index (χ2v) is 4.75. The Labute approximate surface area is 116 Å². The summed E-state index contributed by atoms with van der Waals surface area (Å²) >= 11 is 0. The summed E-state index contributed by atoms with van der Waals surface area (Å²) in [5.74, 6) is 0.930. The first-order valence-electron chi connectivity index (χ1n) is 7.26. The van der Waals surface area contributed by atoms with E-state index < -0.39 is 0 Å². The maximum Gasteiger partial charge on any atom is 0.299 e. The SMILES string of the molecule is CCCOC1=C(N(CCC)CCC)C=CC(=[N+]=[N-])C1. The van der Waals surface area contributed by atoms with Gasteiger partial charge in [0.15, 0.2) is 0 Å². The highest BCUT2D eigenvalue weighted by Crippen LogP contribution is 2.22. The zero-order valence-corrected chi connectivity index (χ0v) is 12.4. The average molecular weight is 263 g/mol. The molecule has 0 unspecified atom stereocenters. The molecule has 0 aliphatic heterocycles. The molecule has 0 amide bonds. The van der Waals surface area contributed by atoms with Crippen molar-refractivity contribution in [2.24, 2.45) is 0 Å². The van der Waals surface area contributed by atoms with Crippen LogP contribution in [0.2, 0.25) is 0 Å². The monoisotopic (exact) mass is 263 g/mol. The molecule has 0 bridgehead atoms. The molecular formula is C15H25N3O. The summed E-state index contributed by atoms with van der Waals surface area (Å²) in [6, 6.07) is 0. The molecule has 1 aliphatic carbocycles. The fraction of sp³-hybridized carbons (Fsp3) is 0.667. The first kappa shape index (κ1) is 15.5. The second-order valence-electron chi connectivity index (χ2n) is 4.75. The van der Waals surface area contributed by atoms with Crippen molar-refractivity contribution < 1.29 is 9.53 Å². The predicted octanol–water partition coefficient (Wildman–Crippen LogP) is 3.38. The minimum atomic E-state index is 0.576. The third kappa shape index (κ3) is 4.56. The molecule has 1 rings (SSSR count). The van der Waals surface area contributed by atoms with Crippen molar-refractivity contribution in [2.75, 3.05) is 19.7 Å². The van der Waals surface area contributed by atoms with Crippen molar-refractivity contribution in [3.8, 4) is 0 Å². The Balaban J connectivity index is 2.96. The largest absolute Gasteiger partial charge is 0.495 e. The summed E-state index contributed by atoms with van der Waals surface area (Å²) in [5.41, 5.74) is 10.7. The summed E-state index contributed by atoms with van der Waals surface area (Å²) in [4.78, 5) is 5.65. The van der Waals surface area contributed by atoms with Gasteiger partial charge < -0.3 is 15.2 Å². The van der Waals surface area contributed by atoms with Crippen LogP contribution in [0, 0.1) is 0 Å². The third-order valence-corrected chi connectivity index (χ3v) is 3.00. The van der Waals surface area contributed by atoms with Gasteiger partial charge in [-0.1, -0.05) is 20.8 Å². The van der Waals surface area contributed by atoms with E-state index in [1.54, 1.807) is 0 Å². The van der Waals surface area contributed by atoms with E-state index in [1.165, 1.54) is 0 Å². The summed E-state index contributed by atoms with van der Waals surface area (Å²) in [6.45, 7) is 9.22. The molecule has 0 spiro atoms. The van der Waals surface area contributed by atoms with Crippen LogP contribution in [0.3, 0.4) is 0 Å². The van der Waals surface area contributed by atoms with E-state index in [0.29, 0.717) is 18.7 Å². The lowest BCUT2D eigenvalue weighted by Gasteiger charge is -2.28. The maximum absolute atomic E-state index is 8.91. The Morgan fingerprint density at radius 2 is 1.84 bits per heavy atom. The fourth-order valence-corrected chi connectivity index (χ4v) is 2.18. The summed E-state index contributed by atoms with van der Waals surface area (Å²) in [5, 5.41) is 0. The van der Waals surface area contributed by atoms with Gasteiger partial charge >= 0.3 is 0 Å². The normalized spacial score (nSPS) is 14.6. The van der Waals surface area contributed by atoms with E-state index in [4.69, 9.17) is 10.3 Å². The molecule has 0 fully saturated rings. The Morgan fingerprint density at radius 1 is 1.16 bits per heavy atom. The molecule has 0 aromatic heterocycles. The molecule has 0 heterocycles. The van der Waals surface area contributed by atoms with Gasteiger partial charge in [-0.25, -0.2) is 0 Å². The third-order valence-electron chi connectivity index (χ3n) is 3.00. The molecule has 4 nitrogen and oxygen atoms in total. The quantitative estimate of drug-likeness (QED) is 0.498. The number of rotatable bonds is 8. The molecule has 1 aliphatic rings. The van der Waals surface area contributed by atoms with Gasteiger partial charge in [0.05, 0.1) is 12.3 Å². The second kappa shape index (κ2) is 8.54. The molecule has 0 N–H and O–H groups in total. The van der Waals surface area contributed by atoms with E-state index in [0.717, 1.165) is 43.8 Å². The average Bonchev–Trinajstić information content (AvgIpc) is 2.44. The Kier molecular flexibility index (Phi) is 6.98. The van der Waals surface area contributed by atoms with E-state index in [-0.39, 0.29) is 0 Å². The van der Waals surface area contributed by atoms with Crippen molar-refractivity contribution in [1.29, 1.82) is 0 Å². The number of hydrogen-bond acceptors (Lipinski definition) is 2. The molecule has 4 heteroatoms. The summed E-state index contributed by atoms with van der Waals surface area (Å²) < 4.78 is 5.85. The Morgan fingerprint density at radius 3 is 2.37 bits per heavy atom. The zero-order valence-electron chi connectivity index (χ0n) is 12.4. The number of ether oxygens (including phenoxy) is 1. The van der Waals surface area contributed by atoms with Gasteiger partial charge in [0, 0.05) is 19.2 Å². The highest BCUT2D eigenvalue weighted by Gasteiger charge is 2.22. The van der Waals surface area contributed by atoms with Crippen LogP contribution >= 0.6 is 0 Å². The van der Waals surface area contributed by atoms with Crippen LogP contribution in [0.4, 0.5) is 0 Å². The molecule has 19 heavy (non-hydrogen) atoms. The van der Waals surface area contributed by atoms with Crippen LogP contribution in [0.15, 0.2) is 23.6 Å². The van der Waals surface area contributed by atoms with E-state index >= 15 is 0 Å². The minimum absolute atomic E-state index is 0.576. The zero-order chi connectivity index (χ0) is 14.1. The smallest absolute Gasteiger partial charge is 0.299 e. The molecule has 0 radical (unpaired) electrons. The molecule has 106 valence electrons. The van der Waals surface area contributed by atoms with Crippen molar-refractivity contribution in [3.63, 3.8) is 0 Å². The van der Waals surface area contributed by atoms with Gasteiger partial charge in [-0.2, -0.15) is 4.79 Å². The fourth-order valence-electron chi connectivity index (χ4n) is 2.18. The molecule has 0 saturated carbocycles. The standard InChI is InChI=1S/C15H25N3O/c1-4-9-18(10-5-2)14-8-7-13(17-16)12-15(14)19-11-6-3/h7-8H,4-6,9-12H2,1-3H3. The highest BCUT2D eigenvalue weighted by molar-refractivity contribution is 5.93. The van der Waals surface area contributed by atoms with Gasteiger partial charge in [0.2, 0.25) is 0 Å². The molecular weight excluding hydrogens is 238 g/mol. The lowest BCUT2D eigenvalue weighted by molar-refractivity contribution is -0.00714. The van der Waals surface area contributed by atoms with Crippen LogP contribution in [-0.4, -0.2) is 35.1 Å². The molecule has 0 saturated heterocycles. The lowest BCUT2D eigenvalue weighted by atomic mass is 10.1. The number of hydrogen-bond donors (Lipinski definition) is 0. The van der Waals surface area contributed by atoms with Gasteiger partial charge in [0.25, 0.3) is 5.71 Å². The molecule has 0 aromatic carbocycles. The van der Waals surface area contributed by atoms with Crippen molar-refractivity contribution in [3.05, 3.63) is 29.1 Å². The lowest BCUT2D eigenvalue weighted by Crippen LogP contribution is -2.27. The van der Waals surface area contributed by atoms with E-state index in [2.05, 4.69) is 30.5 Å². The maximum atomic E-state index is 8.91. The first-order valence-corrected chi connectivity index (χ1v) is 7.26. The van der Waals surface area contributed by atoms with Crippen molar-refractivity contribution in [2.45, 2.75) is 46.5 Å². The van der Waals surface area contributed by atoms with Crippen LogP contribution in [0.1, 0.15) is 46.5 Å². The molecule has 0 atom stereocenters. The topological polar surface area (TPSA) is 48.9 Å². The van der Waals surface area contributed by atoms with Crippen LogP contribution in [0.25, 0.3) is 5.53 Å². The predicted molar refractivity (Wildman–Crippen MR) is 77.8 cm³/mol.